The largest absolute Gasteiger partial charge is 0.359 e. The molecule has 0 bridgehead atoms. The van der Waals surface area contributed by atoms with Gasteiger partial charge < -0.3 is 5.32 Å². The number of thiol groups is 1. The second kappa shape index (κ2) is 10.6. The van der Waals surface area contributed by atoms with Gasteiger partial charge >= 0.3 is 0 Å². The second-order valence-electron chi connectivity index (χ2n) is 5.24. The molecule has 1 aromatic rings. The lowest BCUT2D eigenvalue weighted by Gasteiger charge is -2.22. The Kier molecular flexibility index (Phi) is 8.44. The van der Waals surface area contributed by atoms with Crippen molar-refractivity contribution in [1.29, 1.82) is 1.12 Å². The van der Waals surface area contributed by atoms with Crippen LogP contribution in [0.1, 0.15) is 24.8 Å². The van der Waals surface area contributed by atoms with E-state index in [1.165, 1.54) is 4.31 Å². The van der Waals surface area contributed by atoms with E-state index in [1.807, 2.05) is 6.92 Å². The molecule has 0 saturated heterocycles. The highest BCUT2D eigenvalue weighted by atomic mass is 32.2. The van der Waals surface area contributed by atoms with Crippen molar-refractivity contribution in [3.63, 3.8) is 0 Å². The predicted octanol–water partition coefficient (Wildman–Crippen LogP) is 1.34. The third-order valence-corrected chi connectivity index (χ3v) is 5.52. The Hall–Kier alpha value is -1.09. The van der Waals surface area contributed by atoms with Crippen molar-refractivity contribution in [3.05, 3.63) is 29.8 Å². The lowest BCUT2D eigenvalue weighted by Crippen LogP contribution is -2.34. The highest BCUT2D eigenvalue weighted by Gasteiger charge is 2.23. The summed E-state index contributed by atoms with van der Waals surface area (Å²) < 4.78 is 36.9. The standard InChI is InChI=1S/C15H25N3O3S2/c1-14-5-7-15(8-6-14)23(20,21)18(12-4-10-17-22)11-3-2-9-16-13-19/h5-8,13,17,22H,2-4,9-12H2,1H3,(H,16,19)/i22T. The minimum atomic E-state index is -3.54. The van der Waals surface area contributed by atoms with Gasteiger partial charge in [-0.2, -0.15) is 4.31 Å². The molecule has 0 aliphatic heterocycles. The smallest absolute Gasteiger partial charge is 0.243 e. The van der Waals surface area contributed by atoms with Crippen LogP contribution in [-0.4, -0.2) is 46.4 Å². The summed E-state index contributed by atoms with van der Waals surface area (Å²) in [6.07, 6.45) is 2.67. The maximum absolute atomic E-state index is 12.8. The average molecular weight is 362 g/mol. The number of amides is 1. The molecule has 23 heavy (non-hydrogen) atoms. The molecule has 6 nitrogen and oxygen atoms in total. The van der Waals surface area contributed by atoms with Gasteiger partial charge in [0.05, 0.1) is 4.90 Å². The van der Waals surface area contributed by atoms with E-state index >= 15 is 0 Å². The molecule has 0 fully saturated rings. The Morgan fingerprint density at radius 1 is 1.17 bits per heavy atom. The molecular weight excluding hydrogens is 334 g/mol. The lowest BCUT2D eigenvalue weighted by atomic mass is 10.2. The van der Waals surface area contributed by atoms with E-state index in [9.17, 15) is 13.2 Å². The number of hydrogen-bond donors (Lipinski definition) is 3. The number of benzene rings is 1. The van der Waals surface area contributed by atoms with Crippen molar-refractivity contribution < 1.29 is 13.2 Å². The monoisotopic (exact) mass is 361 g/mol. The van der Waals surface area contributed by atoms with Crippen LogP contribution in [0.25, 0.3) is 0 Å². The first-order valence-electron chi connectivity index (χ1n) is 8.02. The quantitative estimate of drug-likeness (QED) is 0.281. The summed E-state index contributed by atoms with van der Waals surface area (Å²) in [5.74, 6) is 0. The molecular formula is C15H25N3O3S2. The zero-order valence-corrected chi connectivity index (χ0v) is 15.0. The van der Waals surface area contributed by atoms with Crippen molar-refractivity contribution in [2.24, 2.45) is 0 Å². The molecule has 0 atom stereocenters. The summed E-state index contributed by atoms with van der Waals surface area (Å²) in [5, 5.41) is 2.58. The molecule has 1 rings (SSSR count). The molecule has 0 aromatic heterocycles. The van der Waals surface area contributed by atoms with E-state index in [1.54, 1.807) is 24.3 Å². The van der Waals surface area contributed by atoms with Gasteiger partial charge in [-0.05, 0) is 38.3 Å². The third-order valence-electron chi connectivity index (χ3n) is 3.41. The van der Waals surface area contributed by atoms with Gasteiger partial charge in [-0.1, -0.05) is 30.4 Å². The second-order valence-corrected chi connectivity index (χ2v) is 7.47. The van der Waals surface area contributed by atoms with Gasteiger partial charge in [0.2, 0.25) is 16.4 Å². The van der Waals surface area contributed by atoms with Gasteiger partial charge in [0.1, 0.15) is 1.12 Å². The molecule has 0 radical (unpaired) electrons. The van der Waals surface area contributed by atoms with Crippen molar-refractivity contribution in [2.45, 2.75) is 31.1 Å². The van der Waals surface area contributed by atoms with E-state index in [4.69, 9.17) is 1.12 Å². The minimum absolute atomic E-state index is 0.293. The topological polar surface area (TPSA) is 78.5 Å². The summed E-state index contributed by atoms with van der Waals surface area (Å²) in [6, 6.07) is 6.84. The van der Waals surface area contributed by atoms with Crippen LogP contribution in [0, 0.1) is 6.92 Å². The highest BCUT2D eigenvalue weighted by Crippen LogP contribution is 2.17. The summed E-state index contributed by atoms with van der Waals surface area (Å²) in [4.78, 5) is 10.5. The van der Waals surface area contributed by atoms with Crippen LogP contribution < -0.4 is 10.0 Å². The number of nitrogens with zero attached hydrogens (tertiary/aromatic N) is 1. The first-order chi connectivity index (χ1) is 11.5. The molecule has 0 aliphatic carbocycles. The van der Waals surface area contributed by atoms with Gasteiger partial charge in [0.15, 0.2) is 0 Å². The number of nitrogens with one attached hydrogen (secondary N) is 2. The summed E-state index contributed by atoms with van der Waals surface area (Å²) in [7, 11) is -3.54. The van der Waals surface area contributed by atoms with E-state index in [2.05, 4.69) is 10.0 Å². The molecule has 1 amide bonds. The molecule has 0 heterocycles. The van der Waals surface area contributed by atoms with Crippen LogP contribution in [0.5, 0.6) is 0 Å². The van der Waals surface area contributed by atoms with Crippen molar-refractivity contribution >= 4 is 29.2 Å². The van der Waals surface area contributed by atoms with E-state index in [-0.39, 0.29) is 0 Å². The number of aryl methyl sites for hydroxylation is 1. The molecule has 130 valence electrons. The first-order valence-corrected chi connectivity index (χ1v) is 9.46. The van der Waals surface area contributed by atoms with Gasteiger partial charge in [-0.25, -0.2) is 8.42 Å². The van der Waals surface area contributed by atoms with Crippen molar-refractivity contribution in [3.8, 4) is 0 Å². The summed E-state index contributed by atoms with van der Waals surface area (Å²) >= 11 is 0.776. The average Bonchev–Trinajstić information content (AvgIpc) is 2.56. The van der Waals surface area contributed by atoms with Crippen LogP contribution in [-0.2, 0) is 14.8 Å². The maximum atomic E-state index is 12.8. The van der Waals surface area contributed by atoms with Crippen LogP contribution in [0.15, 0.2) is 29.2 Å². The van der Waals surface area contributed by atoms with E-state index in [0.29, 0.717) is 50.3 Å². The first kappa shape index (κ1) is 18.3. The fraction of sp³-hybridized carbons (Fsp3) is 0.533. The van der Waals surface area contributed by atoms with Gasteiger partial charge in [0.25, 0.3) is 0 Å². The number of rotatable bonds is 13. The Labute approximate surface area is 145 Å². The van der Waals surface area contributed by atoms with E-state index < -0.39 is 10.0 Å². The normalized spacial score (nSPS) is 12.2. The van der Waals surface area contributed by atoms with Gasteiger partial charge in [-0.3, -0.25) is 9.52 Å². The number of sulfonamides is 1. The summed E-state index contributed by atoms with van der Waals surface area (Å²) in [5.41, 5.74) is 1.01. The summed E-state index contributed by atoms with van der Waals surface area (Å²) in [6.45, 7) is 3.83. The molecule has 0 spiro atoms. The minimum Gasteiger partial charge on any atom is -0.359 e. The molecule has 0 saturated carbocycles. The Morgan fingerprint density at radius 3 is 2.52 bits per heavy atom. The Bertz CT molecular complexity index is 582. The highest BCUT2D eigenvalue weighted by molar-refractivity contribution is 7.89. The molecule has 8 heteroatoms. The fourth-order valence-corrected chi connectivity index (χ4v) is 3.77. The van der Waals surface area contributed by atoms with E-state index in [0.717, 1.165) is 24.7 Å². The molecule has 0 aliphatic rings. The molecule has 1 aromatic carbocycles. The zero-order chi connectivity index (χ0) is 17.8. The van der Waals surface area contributed by atoms with Gasteiger partial charge in [-0.15, -0.1) is 0 Å². The number of carbonyl (C=O) groups is 1. The third kappa shape index (κ3) is 6.90. The number of unbranched alkanes of at least 4 members (excludes halogenated alkanes) is 1. The molecule has 0 unspecified atom stereocenters. The Morgan fingerprint density at radius 2 is 1.87 bits per heavy atom. The fourth-order valence-electron chi connectivity index (χ4n) is 2.11. The Balaban J connectivity index is 2.73. The van der Waals surface area contributed by atoms with Crippen LogP contribution in [0.2, 0.25) is 0 Å². The number of hydrogen-bond acceptors (Lipinski definition) is 5. The van der Waals surface area contributed by atoms with Crippen molar-refractivity contribution in [2.75, 3.05) is 26.2 Å². The van der Waals surface area contributed by atoms with Crippen molar-refractivity contribution in [1.82, 2.24) is 14.3 Å². The molecule has 2 N–H and O–H groups in total. The number of carbonyl (C=O) groups excluding carboxylic acids is 1. The lowest BCUT2D eigenvalue weighted by molar-refractivity contribution is -0.109. The van der Waals surface area contributed by atoms with Gasteiger partial charge in [0, 0.05) is 26.2 Å². The van der Waals surface area contributed by atoms with Crippen LogP contribution in [0.4, 0.5) is 0 Å². The van der Waals surface area contributed by atoms with Crippen LogP contribution >= 0.6 is 12.7 Å². The maximum Gasteiger partial charge on any atom is 0.243 e. The predicted molar refractivity (Wildman–Crippen MR) is 94.8 cm³/mol. The zero-order valence-electron chi connectivity index (χ0n) is 14.3. The van der Waals surface area contributed by atoms with Crippen LogP contribution in [0.3, 0.4) is 0 Å². The SMILES string of the molecule is [3H]SNCCCN(CCCCNC=O)S(=O)(=O)c1ccc(C)cc1.